The van der Waals surface area contributed by atoms with Gasteiger partial charge in [-0.15, -0.1) is 0 Å². The van der Waals surface area contributed by atoms with E-state index in [0.717, 1.165) is 26.2 Å². The minimum absolute atomic E-state index is 0.175. The van der Waals surface area contributed by atoms with Gasteiger partial charge in [-0.1, -0.05) is 0 Å². The van der Waals surface area contributed by atoms with Crippen LogP contribution in [-0.4, -0.2) is 60.6 Å². The van der Waals surface area contributed by atoms with Crippen molar-refractivity contribution in [2.75, 3.05) is 50.1 Å². The summed E-state index contributed by atoms with van der Waals surface area (Å²) < 4.78 is 18.1. The summed E-state index contributed by atoms with van der Waals surface area (Å²) in [4.78, 5) is 24.9. The first kappa shape index (κ1) is 17.1. The molecule has 132 valence electrons. The fourth-order valence-electron chi connectivity index (χ4n) is 2.43. The van der Waals surface area contributed by atoms with E-state index in [1.54, 1.807) is 12.4 Å². The third-order valence-electron chi connectivity index (χ3n) is 3.89. The molecule has 1 saturated heterocycles. The molecule has 1 fully saturated rings. The zero-order valence-electron chi connectivity index (χ0n) is 14.0. The normalized spacial score (nSPS) is 15.0. The molecule has 0 unspecified atom stereocenters. The number of hydrogen-bond donors (Lipinski definition) is 1. The topological polar surface area (TPSA) is 70.6 Å². The molecule has 8 heteroatoms. The van der Waals surface area contributed by atoms with Gasteiger partial charge in [0.25, 0.3) is 5.91 Å². The lowest BCUT2D eigenvalue weighted by atomic mass is 10.3. The largest absolute Gasteiger partial charge is 0.484 e. The van der Waals surface area contributed by atoms with Crippen molar-refractivity contribution in [2.24, 2.45) is 0 Å². The van der Waals surface area contributed by atoms with Crippen LogP contribution in [0.4, 0.5) is 16.0 Å². The molecule has 1 aliphatic heterocycles. The molecule has 0 atom stereocenters. The van der Waals surface area contributed by atoms with Gasteiger partial charge >= 0.3 is 0 Å². The van der Waals surface area contributed by atoms with Gasteiger partial charge in [-0.25, -0.2) is 14.4 Å². The SMILES string of the molecule is CN1CCN(c2ncc(NC(=O)COc3ccc(F)cc3)cn2)CC1. The number of hydrogen-bond acceptors (Lipinski definition) is 6. The van der Waals surface area contributed by atoms with Crippen LogP contribution in [0.2, 0.25) is 0 Å². The fraction of sp³-hybridized carbons (Fsp3) is 0.353. The van der Waals surface area contributed by atoms with Crippen LogP contribution in [-0.2, 0) is 4.79 Å². The molecule has 2 aromatic rings. The molecule has 1 aromatic carbocycles. The minimum atomic E-state index is -0.352. The Hall–Kier alpha value is -2.74. The number of piperazine rings is 1. The van der Waals surface area contributed by atoms with Gasteiger partial charge in [-0.05, 0) is 31.3 Å². The standard InChI is InChI=1S/C17H20FN5O2/c1-22-6-8-23(9-7-22)17-19-10-14(11-20-17)21-16(24)12-25-15-4-2-13(18)3-5-15/h2-5,10-11H,6-9,12H2,1H3,(H,21,24). The summed E-state index contributed by atoms with van der Waals surface area (Å²) in [5, 5.41) is 2.67. The second kappa shape index (κ2) is 7.89. The van der Waals surface area contributed by atoms with Gasteiger partial charge in [-0.2, -0.15) is 0 Å². The third-order valence-corrected chi connectivity index (χ3v) is 3.89. The van der Waals surface area contributed by atoms with E-state index < -0.39 is 0 Å². The smallest absolute Gasteiger partial charge is 0.262 e. The highest BCUT2D eigenvalue weighted by atomic mass is 19.1. The van der Waals surface area contributed by atoms with Gasteiger partial charge < -0.3 is 19.9 Å². The molecule has 1 N–H and O–H groups in total. The Bertz CT molecular complexity index is 700. The summed E-state index contributed by atoms with van der Waals surface area (Å²) in [6.45, 7) is 3.54. The number of nitrogens with one attached hydrogen (secondary N) is 1. The Morgan fingerprint density at radius 2 is 1.80 bits per heavy atom. The van der Waals surface area contributed by atoms with Crippen molar-refractivity contribution in [1.29, 1.82) is 0 Å². The van der Waals surface area contributed by atoms with E-state index in [1.807, 2.05) is 0 Å². The molecule has 1 aliphatic rings. The highest BCUT2D eigenvalue weighted by molar-refractivity contribution is 5.91. The van der Waals surface area contributed by atoms with Crippen LogP contribution < -0.4 is 15.0 Å². The van der Waals surface area contributed by atoms with Crippen LogP contribution in [0.5, 0.6) is 5.75 Å². The van der Waals surface area contributed by atoms with Crippen molar-refractivity contribution >= 4 is 17.5 Å². The maximum atomic E-state index is 12.8. The van der Waals surface area contributed by atoms with Gasteiger partial charge in [0.1, 0.15) is 11.6 Å². The molecule has 2 heterocycles. The molecule has 0 saturated carbocycles. The van der Waals surface area contributed by atoms with Crippen molar-refractivity contribution in [2.45, 2.75) is 0 Å². The van der Waals surface area contributed by atoms with E-state index in [2.05, 4.69) is 32.1 Å². The van der Waals surface area contributed by atoms with Crippen molar-refractivity contribution in [3.8, 4) is 5.75 Å². The number of benzene rings is 1. The Balaban J connectivity index is 1.49. The second-order valence-corrected chi connectivity index (χ2v) is 5.85. The first-order chi connectivity index (χ1) is 12.1. The fourth-order valence-corrected chi connectivity index (χ4v) is 2.43. The summed E-state index contributed by atoms with van der Waals surface area (Å²) >= 11 is 0. The van der Waals surface area contributed by atoms with E-state index in [1.165, 1.54) is 24.3 Å². The first-order valence-electron chi connectivity index (χ1n) is 8.04. The van der Waals surface area contributed by atoms with Gasteiger partial charge in [0.05, 0.1) is 18.1 Å². The summed E-state index contributed by atoms with van der Waals surface area (Å²) in [5.74, 6) is 0.404. The van der Waals surface area contributed by atoms with Crippen molar-refractivity contribution in [3.05, 3.63) is 42.5 Å². The molecule has 1 aromatic heterocycles. The predicted molar refractivity (Wildman–Crippen MR) is 92.3 cm³/mol. The molecule has 25 heavy (non-hydrogen) atoms. The molecule has 1 amide bonds. The molecule has 0 aliphatic carbocycles. The quantitative estimate of drug-likeness (QED) is 0.883. The van der Waals surface area contributed by atoms with E-state index in [9.17, 15) is 9.18 Å². The maximum Gasteiger partial charge on any atom is 0.262 e. The van der Waals surface area contributed by atoms with Crippen LogP contribution in [0, 0.1) is 5.82 Å². The molecule has 7 nitrogen and oxygen atoms in total. The molecule has 0 radical (unpaired) electrons. The number of amides is 1. The molecular weight excluding hydrogens is 325 g/mol. The van der Waals surface area contributed by atoms with Crippen molar-refractivity contribution in [3.63, 3.8) is 0 Å². The maximum absolute atomic E-state index is 12.8. The monoisotopic (exact) mass is 345 g/mol. The van der Waals surface area contributed by atoms with Gasteiger partial charge in [0.2, 0.25) is 5.95 Å². The predicted octanol–water partition coefficient (Wildman–Crippen LogP) is 1.38. The lowest BCUT2D eigenvalue weighted by Gasteiger charge is -2.32. The summed E-state index contributed by atoms with van der Waals surface area (Å²) in [6.07, 6.45) is 3.16. The highest BCUT2D eigenvalue weighted by Crippen LogP contribution is 2.13. The zero-order valence-corrected chi connectivity index (χ0v) is 14.0. The van der Waals surface area contributed by atoms with Crippen molar-refractivity contribution < 1.29 is 13.9 Å². The average molecular weight is 345 g/mol. The number of rotatable bonds is 5. The average Bonchev–Trinajstić information content (AvgIpc) is 2.63. The summed E-state index contributed by atoms with van der Waals surface area (Å²) in [5.41, 5.74) is 0.505. The van der Waals surface area contributed by atoms with Gasteiger partial charge in [0, 0.05) is 26.2 Å². The zero-order chi connectivity index (χ0) is 17.6. The van der Waals surface area contributed by atoms with E-state index in [0.29, 0.717) is 17.4 Å². The number of carbonyl (C=O) groups excluding carboxylic acids is 1. The van der Waals surface area contributed by atoms with Crippen LogP contribution in [0.3, 0.4) is 0 Å². The summed E-state index contributed by atoms with van der Waals surface area (Å²) in [6, 6.07) is 5.49. The van der Waals surface area contributed by atoms with E-state index >= 15 is 0 Å². The number of anilines is 2. The number of carbonyl (C=O) groups is 1. The van der Waals surface area contributed by atoms with Crippen LogP contribution >= 0.6 is 0 Å². The molecule has 0 spiro atoms. The molecule has 0 bridgehead atoms. The number of aromatic nitrogens is 2. The number of nitrogens with zero attached hydrogens (tertiary/aromatic N) is 4. The van der Waals surface area contributed by atoms with Crippen LogP contribution in [0.25, 0.3) is 0 Å². The first-order valence-corrected chi connectivity index (χ1v) is 8.04. The van der Waals surface area contributed by atoms with Crippen LogP contribution in [0.1, 0.15) is 0 Å². The van der Waals surface area contributed by atoms with Gasteiger partial charge in [0.15, 0.2) is 6.61 Å². The van der Waals surface area contributed by atoms with Gasteiger partial charge in [-0.3, -0.25) is 4.79 Å². The number of likely N-dealkylation sites (N-methyl/N-ethyl adjacent to an activating group) is 1. The van der Waals surface area contributed by atoms with E-state index in [-0.39, 0.29) is 18.3 Å². The lowest BCUT2D eigenvalue weighted by molar-refractivity contribution is -0.118. The number of ether oxygens (including phenoxy) is 1. The lowest BCUT2D eigenvalue weighted by Crippen LogP contribution is -2.45. The Labute approximate surface area is 145 Å². The Morgan fingerprint density at radius 1 is 1.16 bits per heavy atom. The number of halogens is 1. The van der Waals surface area contributed by atoms with E-state index in [4.69, 9.17) is 4.74 Å². The highest BCUT2D eigenvalue weighted by Gasteiger charge is 2.16. The molecule has 3 rings (SSSR count). The Kier molecular flexibility index (Phi) is 5.39. The second-order valence-electron chi connectivity index (χ2n) is 5.85. The van der Waals surface area contributed by atoms with Crippen molar-refractivity contribution in [1.82, 2.24) is 14.9 Å². The van der Waals surface area contributed by atoms with Crippen LogP contribution in [0.15, 0.2) is 36.7 Å². The third kappa shape index (κ3) is 4.87. The summed E-state index contributed by atoms with van der Waals surface area (Å²) in [7, 11) is 2.09. The molecular formula is C17H20FN5O2. The Morgan fingerprint density at radius 3 is 2.44 bits per heavy atom. The minimum Gasteiger partial charge on any atom is -0.484 e.